The molecule has 4 heterocycles. The Labute approximate surface area is 203 Å². The summed E-state index contributed by atoms with van der Waals surface area (Å²) in [5.41, 5.74) is -1.15. The van der Waals surface area contributed by atoms with Crippen molar-refractivity contribution in [3.05, 3.63) is 52.6 Å². The van der Waals surface area contributed by atoms with Crippen LogP contribution < -0.4 is 15.4 Å². The van der Waals surface area contributed by atoms with E-state index in [0.717, 1.165) is 17.8 Å². The summed E-state index contributed by atoms with van der Waals surface area (Å²) in [6.07, 6.45) is -3.09. The van der Waals surface area contributed by atoms with E-state index in [1.807, 2.05) is 17.0 Å². The molecule has 2 aromatic heterocycles. The molecule has 1 aromatic carbocycles. The van der Waals surface area contributed by atoms with E-state index in [1.54, 1.807) is 21.9 Å². The van der Waals surface area contributed by atoms with Crippen LogP contribution in [-0.4, -0.2) is 83.0 Å². The van der Waals surface area contributed by atoms with Crippen molar-refractivity contribution in [1.29, 1.82) is 0 Å². The number of aromatic nitrogens is 4. The number of hydrogen-bond donors (Lipinski definition) is 1. The fourth-order valence-corrected chi connectivity index (χ4v) is 4.49. The van der Waals surface area contributed by atoms with Crippen LogP contribution in [0.1, 0.15) is 12.0 Å². The zero-order valence-electron chi connectivity index (χ0n) is 19.2. The number of anilines is 2. The van der Waals surface area contributed by atoms with Crippen molar-refractivity contribution in [1.82, 2.24) is 25.1 Å². The Balaban J connectivity index is 1.18. The van der Waals surface area contributed by atoms with Gasteiger partial charge in [-0.1, -0.05) is 18.2 Å². The molecule has 3 aromatic rings. The summed E-state index contributed by atoms with van der Waals surface area (Å²) < 4.78 is 44.0. The lowest BCUT2D eigenvalue weighted by atomic mass is 10.1. The van der Waals surface area contributed by atoms with Crippen molar-refractivity contribution in [2.24, 2.45) is 0 Å². The zero-order chi connectivity index (χ0) is 25.3. The molecule has 190 valence electrons. The molecule has 0 saturated carbocycles. The van der Waals surface area contributed by atoms with Gasteiger partial charge in [-0.2, -0.15) is 18.3 Å². The van der Waals surface area contributed by atoms with Crippen molar-refractivity contribution in [2.45, 2.75) is 18.7 Å². The molecule has 2 saturated heterocycles. The Morgan fingerprint density at radius 3 is 2.42 bits per heavy atom. The predicted molar refractivity (Wildman–Crippen MR) is 125 cm³/mol. The summed E-state index contributed by atoms with van der Waals surface area (Å²) in [7, 11) is 0. The fourth-order valence-electron chi connectivity index (χ4n) is 4.49. The second kappa shape index (κ2) is 9.72. The average molecular weight is 503 g/mol. The van der Waals surface area contributed by atoms with Crippen molar-refractivity contribution in [3.8, 4) is 0 Å². The number of carbonyl (C=O) groups excluding carboxylic acids is 1. The minimum absolute atomic E-state index is 0.0610. The van der Waals surface area contributed by atoms with E-state index in [-0.39, 0.29) is 29.9 Å². The van der Waals surface area contributed by atoms with Gasteiger partial charge in [0.25, 0.3) is 5.56 Å². The van der Waals surface area contributed by atoms with Crippen molar-refractivity contribution in [3.63, 3.8) is 0 Å². The topological polar surface area (TPSA) is 108 Å². The summed E-state index contributed by atoms with van der Waals surface area (Å²) in [6.45, 7) is 3.11. The van der Waals surface area contributed by atoms with Crippen molar-refractivity contribution in [2.75, 3.05) is 55.7 Å². The number of piperazine rings is 1. The number of fused-ring (bicyclic) bond motifs is 1. The van der Waals surface area contributed by atoms with Crippen LogP contribution in [0.4, 0.5) is 24.9 Å². The molecule has 2 aliphatic heterocycles. The van der Waals surface area contributed by atoms with Crippen LogP contribution in [0.5, 0.6) is 0 Å². The van der Waals surface area contributed by atoms with Gasteiger partial charge in [-0.15, -0.1) is 0 Å². The first-order chi connectivity index (χ1) is 17.3. The maximum absolute atomic E-state index is 13.0. The Morgan fingerprint density at radius 2 is 1.72 bits per heavy atom. The van der Waals surface area contributed by atoms with Gasteiger partial charge >= 0.3 is 6.18 Å². The maximum atomic E-state index is 13.0. The third kappa shape index (κ3) is 4.96. The lowest BCUT2D eigenvalue weighted by molar-refractivity contribution is -0.138. The minimum atomic E-state index is -4.48. The van der Waals surface area contributed by atoms with Crippen LogP contribution >= 0.6 is 0 Å². The predicted octanol–water partition coefficient (Wildman–Crippen LogP) is 1.68. The molecule has 1 N–H and O–H groups in total. The lowest BCUT2D eigenvalue weighted by Crippen LogP contribution is -2.51. The van der Waals surface area contributed by atoms with Gasteiger partial charge in [0.1, 0.15) is 0 Å². The monoisotopic (exact) mass is 503 g/mol. The Hall–Kier alpha value is -3.74. The number of morpholine rings is 1. The molecule has 0 spiro atoms. The molecule has 5 rings (SSSR count). The second-order valence-electron chi connectivity index (χ2n) is 8.70. The summed E-state index contributed by atoms with van der Waals surface area (Å²) in [5, 5.41) is 8.09. The summed E-state index contributed by atoms with van der Waals surface area (Å²) >= 11 is 0. The molecule has 2 aliphatic rings. The average Bonchev–Trinajstić information content (AvgIpc) is 2.89. The largest absolute Gasteiger partial charge is 0.419 e. The van der Waals surface area contributed by atoms with Crippen LogP contribution in [0, 0.1) is 0 Å². The van der Waals surface area contributed by atoms with Crippen LogP contribution in [0.15, 0.2) is 41.5 Å². The number of nitrogens with one attached hydrogen (secondary N) is 1. The van der Waals surface area contributed by atoms with Gasteiger partial charge in [-0.05, 0) is 6.07 Å². The number of halogens is 3. The minimum Gasteiger partial charge on any atom is -0.374 e. The molecule has 36 heavy (non-hydrogen) atoms. The molecule has 1 amide bonds. The molecule has 0 bridgehead atoms. The molecule has 0 unspecified atom stereocenters. The molecular formula is C23H24F3N7O3. The van der Waals surface area contributed by atoms with Gasteiger partial charge in [0.05, 0.1) is 30.1 Å². The van der Waals surface area contributed by atoms with Crippen LogP contribution in [0.2, 0.25) is 0 Å². The van der Waals surface area contributed by atoms with E-state index in [2.05, 4.69) is 20.2 Å². The van der Waals surface area contributed by atoms with E-state index >= 15 is 0 Å². The second-order valence-corrected chi connectivity index (χ2v) is 8.70. The Kier molecular flexibility index (Phi) is 6.48. The number of aromatic amines is 1. The first-order valence-corrected chi connectivity index (χ1v) is 11.6. The molecule has 13 heteroatoms. The maximum Gasteiger partial charge on any atom is 0.419 e. The smallest absolute Gasteiger partial charge is 0.374 e. The summed E-state index contributed by atoms with van der Waals surface area (Å²) in [6, 6.07) is 7.24. The standard InChI is InChI=1S/C23H24F3N7O3/c24-23(25,26)15-12-27-22(28-13-15)32-7-5-31(6-8-32)19(34)11-16-14-33(9-10-36-16)20-17-3-1-2-4-18(17)21(35)30-29-20/h1-4,12-13,16H,5-11,14H2,(H,30,35)/t16-/m1/s1. The molecule has 2 fully saturated rings. The molecule has 0 radical (unpaired) electrons. The van der Waals surface area contributed by atoms with Crippen molar-refractivity contribution < 1.29 is 22.7 Å². The highest BCUT2D eigenvalue weighted by molar-refractivity contribution is 5.91. The Morgan fingerprint density at radius 1 is 1.03 bits per heavy atom. The molecule has 1 atom stereocenters. The molecular weight excluding hydrogens is 479 g/mol. The fraction of sp³-hybridized carbons (Fsp3) is 0.435. The van der Waals surface area contributed by atoms with Crippen LogP contribution in [0.25, 0.3) is 10.8 Å². The van der Waals surface area contributed by atoms with E-state index in [0.29, 0.717) is 57.1 Å². The number of nitrogens with zero attached hydrogens (tertiary/aromatic N) is 6. The van der Waals surface area contributed by atoms with Crippen LogP contribution in [0.3, 0.4) is 0 Å². The summed E-state index contributed by atoms with van der Waals surface area (Å²) in [4.78, 5) is 38.2. The van der Waals surface area contributed by atoms with Gasteiger partial charge < -0.3 is 19.4 Å². The van der Waals surface area contributed by atoms with Gasteiger partial charge in [0, 0.05) is 57.0 Å². The third-order valence-corrected chi connectivity index (χ3v) is 6.40. The first kappa shape index (κ1) is 24.0. The first-order valence-electron chi connectivity index (χ1n) is 11.6. The third-order valence-electron chi connectivity index (χ3n) is 6.40. The van der Waals surface area contributed by atoms with E-state index in [1.165, 1.54) is 0 Å². The quantitative estimate of drug-likeness (QED) is 0.573. The number of amides is 1. The summed E-state index contributed by atoms with van der Waals surface area (Å²) in [5.74, 6) is 0.798. The SMILES string of the molecule is O=C(C[C@@H]1CN(c2n[nH]c(=O)c3ccccc23)CCO1)N1CCN(c2ncc(C(F)(F)F)cn2)CC1. The van der Waals surface area contributed by atoms with Gasteiger partial charge in [0.2, 0.25) is 11.9 Å². The van der Waals surface area contributed by atoms with Gasteiger partial charge in [0.15, 0.2) is 5.82 Å². The highest BCUT2D eigenvalue weighted by Gasteiger charge is 2.32. The highest BCUT2D eigenvalue weighted by Crippen LogP contribution is 2.28. The number of hydrogen-bond acceptors (Lipinski definition) is 8. The number of benzene rings is 1. The van der Waals surface area contributed by atoms with E-state index < -0.39 is 11.7 Å². The Bertz CT molecular complexity index is 1290. The normalized spacial score (nSPS) is 19.1. The number of rotatable bonds is 4. The van der Waals surface area contributed by atoms with Gasteiger partial charge in [-0.3, -0.25) is 9.59 Å². The zero-order valence-corrected chi connectivity index (χ0v) is 19.2. The molecule has 0 aliphatic carbocycles. The highest BCUT2D eigenvalue weighted by atomic mass is 19.4. The molecule has 10 nitrogen and oxygen atoms in total. The number of carbonyl (C=O) groups is 1. The van der Waals surface area contributed by atoms with Crippen LogP contribution in [-0.2, 0) is 15.7 Å². The van der Waals surface area contributed by atoms with E-state index in [9.17, 15) is 22.8 Å². The number of ether oxygens (including phenoxy) is 1. The lowest BCUT2D eigenvalue weighted by Gasteiger charge is -2.37. The van der Waals surface area contributed by atoms with Crippen molar-refractivity contribution >= 4 is 28.4 Å². The number of alkyl halides is 3. The van der Waals surface area contributed by atoms with E-state index in [4.69, 9.17) is 4.74 Å². The number of H-pyrrole nitrogens is 1. The van der Waals surface area contributed by atoms with Gasteiger partial charge in [-0.25, -0.2) is 15.1 Å².